The molecule has 32 heavy (non-hydrogen) atoms. The second-order valence-electron chi connectivity index (χ2n) is 9.68. The number of pyridine rings is 1. The van der Waals surface area contributed by atoms with Crippen molar-refractivity contribution in [2.75, 3.05) is 0 Å². The van der Waals surface area contributed by atoms with E-state index in [-0.39, 0.29) is 29.0 Å². The van der Waals surface area contributed by atoms with E-state index in [1.54, 1.807) is 19.2 Å². The second-order valence-corrected chi connectivity index (χ2v) is 9.68. The molecule has 0 spiro atoms. The Balaban J connectivity index is 1.66. The van der Waals surface area contributed by atoms with Crippen LogP contribution in [0.1, 0.15) is 68.3 Å². The Bertz CT molecular complexity index is 990. The highest BCUT2D eigenvalue weighted by Crippen LogP contribution is 2.40. The van der Waals surface area contributed by atoms with Gasteiger partial charge in [-0.25, -0.2) is 9.97 Å². The predicted molar refractivity (Wildman–Crippen MR) is 120 cm³/mol. The van der Waals surface area contributed by atoms with Gasteiger partial charge in [0.2, 0.25) is 5.88 Å². The van der Waals surface area contributed by atoms with E-state index in [4.69, 9.17) is 10.5 Å². The first kappa shape index (κ1) is 23.6. The van der Waals surface area contributed by atoms with Crippen molar-refractivity contribution in [3.05, 3.63) is 35.4 Å². The van der Waals surface area contributed by atoms with Gasteiger partial charge in [0, 0.05) is 17.8 Å². The van der Waals surface area contributed by atoms with Gasteiger partial charge in [-0.05, 0) is 56.9 Å². The van der Waals surface area contributed by atoms with Crippen molar-refractivity contribution in [3.8, 4) is 17.1 Å². The predicted octanol–water partition coefficient (Wildman–Crippen LogP) is 3.94. The molecule has 8 heteroatoms. The smallest absolute Gasteiger partial charge is 0.307 e. The molecule has 2 heterocycles. The topological polar surface area (TPSA) is 128 Å². The van der Waals surface area contributed by atoms with Crippen LogP contribution in [0.2, 0.25) is 0 Å². The Morgan fingerprint density at radius 2 is 1.75 bits per heavy atom. The summed E-state index contributed by atoms with van der Waals surface area (Å²) in [5.41, 5.74) is 7.75. The quantitative estimate of drug-likeness (QED) is 0.696. The molecule has 1 aliphatic carbocycles. The summed E-state index contributed by atoms with van der Waals surface area (Å²) in [4.78, 5) is 36.6. The van der Waals surface area contributed by atoms with Gasteiger partial charge >= 0.3 is 5.97 Å². The summed E-state index contributed by atoms with van der Waals surface area (Å²) in [6.45, 7) is 9.50. The van der Waals surface area contributed by atoms with Crippen molar-refractivity contribution in [2.24, 2.45) is 23.0 Å². The van der Waals surface area contributed by atoms with E-state index < -0.39 is 11.9 Å². The molecule has 1 saturated carbocycles. The molecule has 8 nitrogen and oxygen atoms in total. The molecule has 0 aromatic carbocycles. The van der Waals surface area contributed by atoms with Gasteiger partial charge in [0.15, 0.2) is 0 Å². The molecule has 1 atom stereocenters. The molecule has 1 fully saturated rings. The third kappa shape index (κ3) is 5.23. The number of ether oxygens (including phenoxy) is 1. The minimum absolute atomic E-state index is 0.0152. The second kappa shape index (κ2) is 9.22. The molecular weight excluding hydrogens is 408 g/mol. The molecule has 3 N–H and O–H groups in total. The van der Waals surface area contributed by atoms with Crippen molar-refractivity contribution in [2.45, 2.75) is 66.4 Å². The summed E-state index contributed by atoms with van der Waals surface area (Å²) in [7, 11) is 0. The lowest BCUT2D eigenvalue weighted by molar-refractivity contribution is -0.149. The molecule has 1 amide bonds. The number of carbonyl (C=O) groups excluding carboxylic acids is 1. The zero-order valence-electron chi connectivity index (χ0n) is 19.4. The summed E-state index contributed by atoms with van der Waals surface area (Å²) in [5.74, 6) is -1.02. The van der Waals surface area contributed by atoms with E-state index in [2.05, 4.69) is 15.0 Å². The van der Waals surface area contributed by atoms with Crippen molar-refractivity contribution in [3.63, 3.8) is 0 Å². The van der Waals surface area contributed by atoms with Crippen molar-refractivity contribution in [1.82, 2.24) is 15.0 Å². The SMILES string of the molecule is Cc1nc(C)c(-c2ccc(O[C@H]3CC[C@@H](C(C(=O)O)C(C)(C)C)CC3)nc2)nc1C(N)=O. The van der Waals surface area contributed by atoms with Gasteiger partial charge in [-0.3, -0.25) is 14.6 Å². The van der Waals surface area contributed by atoms with Crippen LogP contribution < -0.4 is 10.5 Å². The van der Waals surface area contributed by atoms with Crippen LogP contribution in [0.5, 0.6) is 5.88 Å². The Hall–Kier alpha value is -3.03. The fourth-order valence-electron chi connectivity index (χ4n) is 4.72. The van der Waals surface area contributed by atoms with E-state index >= 15 is 0 Å². The number of nitrogens with zero attached hydrogens (tertiary/aromatic N) is 3. The minimum atomic E-state index is -0.715. The maximum atomic E-state index is 11.8. The lowest BCUT2D eigenvalue weighted by Crippen LogP contribution is -2.38. The van der Waals surface area contributed by atoms with E-state index in [0.717, 1.165) is 31.2 Å². The number of carbonyl (C=O) groups is 2. The zero-order valence-corrected chi connectivity index (χ0v) is 19.4. The Morgan fingerprint density at radius 3 is 2.25 bits per heavy atom. The first-order chi connectivity index (χ1) is 15.0. The van der Waals surface area contributed by atoms with Gasteiger partial charge in [-0.1, -0.05) is 20.8 Å². The third-order valence-electron chi connectivity index (χ3n) is 6.16. The first-order valence-electron chi connectivity index (χ1n) is 11.0. The summed E-state index contributed by atoms with van der Waals surface area (Å²) >= 11 is 0. The number of aromatic nitrogens is 3. The number of rotatable bonds is 6. The van der Waals surface area contributed by atoms with E-state index in [1.165, 1.54) is 0 Å². The van der Waals surface area contributed by atoms with Gasteiger partial charge in [-0.15, -0.1) is 0 Å². The molecule has 2 aromatic heterocycles. The maximum absolute atomic E-state index is 11.8. The summed E-state index contributed by atoms with van der Waals surface area (Å²) in [5, 5.41) is 9.69. The number of carboxylic acid groups (broad SMARTS) is 1. The van der Waals surface area contributed by atoms with Gasteiger partial charge in [0.25, 0.3) is 5.91 Å². The van der Waals surface area contributed by atoms with E-state index in [0.29, 0.717) is 23.0 Å². The monoisotopic (exact) mass is 440 g/mol. The summed E-state index contributed by atoms with van der Waals surface area (Å²) in [6.07, 6.45) is 4.92. The standard InChI is InChI=1S/C24H32N4O4/c1-13-20(28-21(22(25)29)14(2)27-13)16-8-11-18(26-12-16)32-17-9-6-15(7-10-17)19(23(30)31)24(3,4)5/h8,11-12,15,17,19H,6-7,9-10H2,1-5H3,(H2,25,29)(H,30,31)/t15-,17+,19?. The number of aliphatic carboxylic acids is 1. The Labute approximate surface area is 188 Å². The molecule has 0 aliphatic heterocycles. The van der Waals surface area contributed by atoms with Crippen LogP contribution in [0, 0.1) is 31.1 Å². The van der Waals surface area contributed by atoms with Gasteiger partial charge in [-0.2, -0.15) is 0 Å². The normalized spacial score (nSPS) is 19.9. The number of hydrogen-bond acceptors (Lipinski definition) is 6. The van der Waals surface area contributed by atoms with Crippen molar-refractivity contribution >= 4 is 11.9 Å². The molecular formula is C24H32N4O4. The van der Waals surface area contributed by atoms with Gasteiger partial charge in [0.1, 0.15) is 11.8 Å². The van der Waals surface area contributed by atoms with Gasteiger partial charge < -0.3 is 15.6 Å². The van der Waals surface area contributed by atoms with Crippen LogP contribution in [-0.4, -0.2) is 38.0 Å². The molecule has 172 valence electrons. The molecule has 1 unspecified atom stereocenters. The minimum Gasteiger partial charge on any atom is -0.481 e. The Kier molecular flexibility index (Phi) is 6.81. The number of amides is 1. The van der Waals surface area contributed by atoms with Crippen LogP contribution in [0.3, 0.4) is 0 Å². The summed E-state index contributed by atoms with van der Waals surface area (Å²) < 4.78 is 6.06. The van der Waals surface area contributed by atoms with Crippen LogP contribution in [0.25, 0.3) is 11.3 Å². The highest BCUT2D eigenvalue weighted by Gasteiger charge is 2.40. The number of carboxylic acids is 1. The number of primary amides is 1. The van der Waals surface area contributed by atoms with Crippen molar-refractivity contribution < 1.29 is 19.4 Å². The average molecular weight is 441 g/mol. The number of hydrogen-bond donors (Lipinski definition) is 2. The number of aryl methyl sites for hydroxylation is 2. The lowest BCUT2D eigenvalue weighted by atomic mass is 9.68. The van der Waals surface area contributed by atoms with E-state index in [9.17, 15) is 14.7 Å². The molecule has 1 aliphatic rings. The molecule has 0 bridgehead atoms. The van der Waals surface area contributed by atoms with E-state index in [1.807, 2.05) is 33.8 Å². The van der Waals surface area contributed by atoms with Gasteiger partial charge in [0.05, 0.1) is 23.0 Å². The fourth-order valence-corrected chi connectivity index (χ4v) is 4.72. The van der Waals surface area contributed by atoms with Crippen LogP contribution in [-0.2, 0) is 4.79 Å². The molecule has 3 rings (SSSR count). The highest BCUT2D eigenvalue weighted by atomic mass is 16.5. The molecule has 0 saturated heterocycles. The van der Waals surface area contributed by atoms with Crippen LogP contribution >= 0.6 is 0 Å². The molecule has 2 aromatic rings. The lowest BCUT2D eigenvalue weighted by Gasteiger charge is -2.38. The highest BCUT2D eigenvalue weighted by molar-refractivity contribution is 5.92. The summed E-state index contributed by atoms with van der Waals surface area (Å²) in [6, 6.07) is 3.62. The van der Waals surface area contributed by atoms with Crippen LogP contribution in [0.15, 0.2) is 18.3 Å². The fraction of sp³-hybridized carbons (Fsp3) is 0.542. The average Bonchev–Trinajstić information content (AvgIpc) is 2.69. The largest absolute Gasteiger partial charge is 0.481 e. The number of nitrogens with two attached hydrogens (primary N) is 1. The maximum Gasteiger partial charge on any atom is 0.307 e. The van der Waals surface area contributed by atoms with Crippen molar-refractivity contribution in [1.29, 1.82) is 0 Å². The Morgan fingerprint density at radius 1 is 1.09 bits per heavy atom. The van der Waals surface area contributed by atoms with Crippen LogP contribution in [0.4, 0.5) is 0 Å². The zero-order chi connectivity index (χ0) is 23.6. The first-order valence-corrected chi connectivity index (χ1v) is 11.0. The third-order valence-corrected chi connectivity index (χ3v) is 6.16. The molecule has 0 radical (unpaired) electrons.